The van der Waals surface area contributed by atoms with Crippen LogP contribution in [0.3, 0.4) is 0 Å². The van der Waals surface area contributed by atoms with E-state index in [4.69, 9.17) is 16.7 Å². The molecule has 0 amide bonds. The first-order valence-electron chi connectivity index (χ1n) is 5.01. The largest absolute Gasteiger partial charge is 0.505 e. The summed E-state index contributed by atoms with van der Waals surface area (Å²) in [6, 6.07) is 8.20. The normalized spacial score (nSPS) is 10.3. The van der Waals surface area contributed by atoms with Gasteiger partial charge in [0.2, 0.25) is 0 Å². The van der Waals surface area contributed by atoms with E-state index in [1.54, 1.807) is 6.07 Å². The second kappa shape index (κ2) is 4.66. The topological polar surface area (TPSA) is 57.5 Å². The van der Waals surface area contributed by atoms with Crippen molar-refractivity contribution >= 4 is 17.6 Å². The van der Waals surface area contributed by atoms with Gasteiger partial charge in [-0.25, -0.2) is 9.18 Å². The number of phenolic OH excluding ortho intramolecular Hbond substituents is 1. The molecule has 5 heteroatoms. The third-order valence-electron chi connectivity index (χ3n) is 2.48. The van der Waals surface area contributed by atoms with Crippen molar-refractivity contribution in [2.75, 3.05) is 0 Å². The first-order valence-corrected chi connectivity index (χ1v) is 5.38. The van der Waals surface area contributed by atoms with Crippen LogP contribution in [-0.2, 0) is 0 Å². The van der Waals surface area contributed by atoms with E-state index in [-0.39, 0.29) is 10.6 Å². The minimum Gasteiger partial charge on any atom is -0.505 e. The van der Waals surface area contributed by atoms with Crippen LogP contribution in [0.2, 0.25) is 5.02 Å². The Morgan fingerprint density at radius 3 is 2.33 bits per heavy atom. The molecule has 18 heavy (non-hydrogen) atoms. The molecule has 0 radical (unpaired) electrons. The van der Waals surface area contributed by atoms with Crippen LogP contribution in [0.15, 0.2) is 36.4 Å². The van der Waals surface area contributed by atoms with E-state index in [9.17, 15) is 14.3 Å². The Morgan fingerprint density at radius 2 is 1.72 bits per heavy atom. The molecule has 0 saturated heterocycles. The number of rotatable bonds is 2. The molecular weight excluding hydrogens is 259 g/mol. The molecule has 0 saturated carbocycles. The highest BCUT2D eigenvalue weighted by molar-refractivity contribution is 6.33. The van der Waals surface area contributed by atoms with Crippen LogP contribution in [0.1, 0.15) is 10.4 Å². The number of carboxylic acids is 1. The minimum absolute atomic E-state index is 0.0435. The van der Waals surface area contributed by atoms with Gasteiger partial charge in [0, 0.05) is 0 Å². The Morgan fingerprint density at radius 1 is 1.11 bits per heavy atom. The van der Waals surface area contributed by atoms with E-state index in [2.05, 4.69) is 0 Å². The van der Waals surface area contributed by atoms with Crippen LogP contribution in [-0.4, -0.2) is 16.2 Å². The molecule has 0 unspecified atom stereocenters. The lowest BCUT2D eigenvalue weighted by atomic mass is 10.0. The molecule has 0 aliphatic rings. The molecule has 0 aromatic heterocycles. The number of hydrogen-bond acceptors (Lipinski definition) is 2. The number of hydrogen-bond donors (Lipinski definition) is 2. The fraction of sp³-hybridized carbons (Fsp3) is 0. The number of carboxylic acid groups (broad SMARTS) is 1. The maximum Gasteiger partial charge on any atom is 0.337 e. The molecule has 2 N–H and O–H groups in total. The Kier molecular flexibility index (Phi) is 3.21. The quantitative estimate of drug-likeness (QED) is 0.874. The van der Waals surface area contributed by atoms with E-state index < -0.39 is 17.5 Å². The second-order valence-corrected chi connectivity index (χ2v) is 4.07. The highest BCUT2D eigenvalue weighted by Crippen LogP contribution is 2.28. The lowest BCUT2D eigenvalue weighted by Gasteiger charge is -2.06. The van der Waals surface area contributed by atoms with Gasteiger partial charge in [-0.15, -0.1) is 0 Å². The van der Waals surface area contributed by atoms with Crippen LogP contribution in [0.25, 0.3) is 11.1 Å². The van der Waals surface area contributed by atoms with E-state index in [1.807, 2.05) is 0 Å². The lowest BCUT2D eigenvalue weighted by Crippen LogP contribution is -1.97. The summed E-state index contributed by atoms with van der Waals surface area (Å²) in [7, 11) is 0. The van der Waals surface area contributed by atoms with E-state index >= 15 is 0 Å². The molecule has 92 valence electrons. The molecule has 3 nitrogen and oxygen atoms in total. The van der Waals surface area contributed by atoms with Crippen molar-refractivity contribution in [3.63, 3.8) is 0 Å². The summed E-state index contributed by atoms with van der Waals surface area (Å²) in [4.78, 5) is 10.9. The molecule has 2 aromatic carbocycles. The van der Waals surface area contributed by atoms with Crippen LogP contribution in [0.4, 0.5) is 4.39 Å². The molecule has 0 spiro atoms. The van der Waals surface area contributed by atoms with Crippen LogP contribution in [0, 0.1) is 5.82 Å². The standard InChI is InChI=1S/C13H8ClFO3/c14-10-3-1-7(5-9(10)13(17)18)8-2-4-11(15)12(16)6-8/h1-6,16H,(H,17,18). The Labute approximate surface area is 107 Å². The monoisotopic (exact) mass is 266 g/mol. The summed E-state index contributed by atoms with van der Waals surface area (Å²) < 4.78 is 12.9. The van der Waals surface area contributed by atoms with Crippen molar-refractivity contribution in [3.05, 3.63) is 52.8 Å². The molecule has 0 aliphatic heterocycles. The van der Waals surface area contributed by atoms with Gasteiger partial charge in [-0.1, -0.05) is 23.7 Å². The third kappa shape index (κ3) is 2.28. The van der Waals surface area contributed by atoms with Crippen molar-refractivity contribution in [1.29, 1.82) is 0 Å². The smallest absolute Gasteiger partial charge is 0.337 e. The summed E-state index contributed by atoms with van der Waals surface area (Å²) in [5.74, 6) is -2.36. The van der Waals surface area contributed by atoms with Crippen LogP contribution in [0.5, 0.6) is 5.75 Å². The van der Waals surface area contributed by atoms with Gasteiger partial charge >= 0.3 is 5.97 Å². The highest BCUT2D eigenvalue weighted by atomic mass is 35.5. The summed E-state index contributed by atoms with van der Waals surface area (Å²) in [6.45, 7) is 0. The summed E-state index contributed by atoms with van der Waals surface area (Å²) in [5.41, 5.74) is 0.998. The molecule has 0 aliphatic carbocycles. The van der Waals surface area contributed by atoms with E-state index in [0.29, 0.717) is 11.1 Å². The molecular formula is C13H8ClFO3. The predicted octanol–water partition coefficient (Wildman–Crippen LogP) is 3.55. The highest BCUT2D eigenvalue weighted by Gasteiger charge is 2.11. The zero-order chi connectivity index (χ0) is 13.3. The Balaban J connectivity index is 2.54. The van der Waals surface area contributed by atoms with Crippen molar-refractivity contribution in [2.24, 2.45) is 0 Å². The molecule has 0 fully saturated rings. The number of phenols is 1. The zero-order valence-electron chi connectivity index (χ0n) is 9.02. The van der Waals surface area contributed by atoms with E-state index in [1.165, 1.54) is 24.3 Å². The summed E-state index contributed by atoms with van der Waals surface area (Å²) in [5, 5.41) is 18.3. The Hall–Kier alpha value is -2.07. The number of benzene rings is 2. The number of aromatic hydroxyl groups is 1. The van der Waals surface area contributed by atoms with E-state index in [0.717, 1.165) is 6.07 Å². The predicted molar refractivity (Wildman–Crippen MR) is 65.5 cm³/mol. The van der Waals surface area contributed by atoms with Gasteiger partial charge in [-0.05, 0) is 35.4 Å². The Bertz CT molecular complexity index is 626. The molecule has 2 aromatic rings. The number of aromatic carboxylic acids is 1. The SMILES string of the molecule is O=C(O)c1cc(-c2ccc(F)c(O)c2)ccc1Cl. The molecule has 0 atom stereocenters. The zero-order valence-corrected chi connectivity index (χ0v) is 9.78. The fourth-order valence-electron chi connectivity index (χ4n) is 1.56. The van der Waals surface area contributed by atoms with Crippen LogP contribution < -0.4 is 0 Å². The number of carbonyl (C=O) groups is 1. The first kappa shape index (κ1) is 12.4. The van der Waals surface area contributed by atoms with Gasteiger partial charge < -0.3 is 10.2 Å². The van der Waals surface area contributed by atoms with Gasteiger partial charge in [0.15, 0.2) is 11.6 Å². The van der Waals surface area contributed by atoms with Gasteiger partial charge in [-0.2, -0.15) is 0 Å². The summed E-state index contributed by atoms with van der Waals surface area (Å²) in [6.07, 6.45) is 0. The lowest BCUT2D eigenvalue weighted by molar-refractivity contribution is 0.0697. The van der Waals surface area contributed by atoms with Crippen molar-refractivity contribution in [1.82, 2.24) is 0 Å². The number of halogens is 2. The second-order valence-electron chi connectivity index (χ2n) is 3.67. The summed E-state index contributed by atoms with van der Waals surface area (Å²) >= 11 is 5.74. The maximum atomic E-state index is 12.9. The molecule has 0 bridgehead atoms. The average molecular weight is 267 g/mol. The van der Waals surface area contributed by atoms with Crippen molar-refractivity contribution in [3.8, 4) is 16.9 Å². The van der Waals surface area contributed by atoms with Crippen molar-refractivity contribution < 1.29 is 19.4 Å². The fourth-order valence-corrected chi connectivity index (χ4v) is 1.76. The van der Waals surface area contributed by atoms with Crippen LogP contribution >= 0.6 is 11.6 Å². The first-order chi connectivity index (χ1) is 8.49. The third-order valence-corrected chi connectivity index (χ3v) is 2.81. The van der Waals surface area contributed by atoms with Gasteiger partial charge in [0.25, 0.3) is 0 Å². The van der Waals surface area contributed by atoms with Gasteiger partial charge in [0.05, 0.1) is 10.6 Å². The minimum atomic E-state index is -1.15. The molecule has 2 rings (SSSR count). The van der Waals surface area contributed by atoms with Crippen molar-refractivity contribution in [2.45, 2.75) is 0 Å². The maximum absolute atomic E-state index is 12.9. The van der Waals surface area contributed by atoms with Gasteiger partial charge in [0.1, 0.15) is 0 Å². The van der Waals surface area contributed by atoms with Gasteiger partial charge in [-0.3, -0.25) is 0 Å². The molecule has 0 heterocycles. The average Bonchev–Trinajstić information content (AvgIpc) is 2.33.